The molecule has 1 N–H and O–H groups in total. The standard InChI is InChI=1S/C15H20IN3O.ClH/c16-13-3-1-12(2-4-13)15(20)19-9-7-18(8-10-19)14-5-6-17-11-14;/h1-4,14,17H,5-11H2;1H. The third-order valence-electron chi connectivity index (χ3n) is 4.24. The Bertz CT molecular complexity index is 468. The number of halogens is 2. The lowest BCUT2D eigenvalue weighted by atomic mass is 10.1. The lowest BCUT2D eigenvalue weighted by Gasteiger charge is -2.37. The second kappa shape index (κ2) is 7.76. The first-order chi connectivity index (χ1) is 9.74. The van der Waals surface area contributed by atoms with Gasteiger partial charge >= 0.3 is 0 Å². The summed E-state index contributed by atoms with van der Waals surface area (Å²) in [5, 5.41) is 3.41. The van der Waals surface area contributed by atoms with Crippen LogP contribution in [-0.4, -0.2) is 61.0 Å². The first-order valence-electron chi connectivity index (χ1n) is 7.23. The summed E-state index contributed by atoms with van der Waals surface area (Å²) in [5.41, 5.74) is 0.807. The highest BCUT2D eigenvalue weighted by atomic mass is 127. The van der Waals surface area contributed by atoms with E-state index in [9.17, 15) is 4.79 Å². The summed E-state index contributed by atoms with van der Waals surface area (Å²) in [6, 6.07) is 8.52. The molecular weight excluding hydrogens is 401 g/mol. The maximum atomic E-state index is 12.4. The highest BCUT2D eigenvalue weighted by Crippen LogP contribution is 2.15. The molecule has 2 aliphatic heterocycles. The molecule has 1 atom stereocenters. The topological polar surface area (TPSA) is 35.6 Å². The second-order valence-electron chi connectivity index (χ2n) is 5.48. The van der Waals surface area contributed by atoms with Crippen molar-refractivity contribution in [2.75, 3.05) is 39.3 Å². The van der Waals surface area contributed by atoms with Gasteiger partial charge in [0, 0.05) is 47.9 Å². The van der Waals surface area contributed by atoms with Gasteiger partial charge < -0.3 is 10.2 Å². The van der Waals surface area contributed by atoms with Gasteiger partial charge in [-0.15, -0.1) is 12.4 Å². The summed E-state index contributed by atoms with van der Waals surface area (Å²) < 4.78 is 1.16. The Labute approximate surface area is 145 Å². The minimum atomic E-state index is 0. The van der Waals surface area contributed by atoms with E-state index < -0.39 is 0 Å². The molecule has 0 bridgehead atoms. The minimum Gasteiger partial charge on any atom is -0.336 e. The van der Waals surface area contributed by atoms with E-state index in [1.807, 2.05) is 29.2 Å². The van der Waals surface area contributed by atoms with Gasteiger partial charge in [-0.25, -0.2) is 0 Å². The molecular formula is C15H21ClIN3O. The molecule has 0 aliphatic carbocycles. The fraction of sp³-hybridized carbons (Fsp3) is 0.533. The summed E-state index contributed by atoms with van der Waals surface area (Å²) in [6.45, 7) is 5.94. The number of hydrogen-bond donors (Lipinski definition) is 1. The number of hydrogen-bond acceptors (Lipinski definition) is 3. The van der Waals surface area contributed by atoms with E-state index in [1.54, 1.807) is 0 Å². The van der Waals surface area contributed by atoms with Crippen LogP contribution in [0.5, 0.6) is 0 Å². The van der Waals surface area contributed by atoms with Gasteiger partial charge in [-0.3, -0.25) is 9.69 Å². The molecule has 0 radical (unpaired) electrons. The van der Waals surface area contributed by atoms with Crippen LogP contribution in [0.15, 0.2) is 24.3 Å². The summed E-state index contributed by atoms with van der Waals surface area (Å²) in [7, 11) is 0. The predicted molar refractivity (Wildman–Crippen MR) is 95.2 cm³/mol. The van der Waals surface area contributed by atoms with Crippen LogP contribution in [0, 0.1) is 3.57 Å². The van der Waals surface area contributed by atoms with Gasteiger partial charge in [-0.1, -0.05) is 0 Å². The fourth-order valence-electron chi connectivity index (χ4n) is 3.02. The van der Waals surface area contributed by atoms with Crippen molar-refractivity contribution in [3.05, 3.63) is 33.4 Å². The van der Waals surface area contributed by atoms with Crippen LogP contribution in [0.2, 0.25) is 0 Å². The van der Waals surface area contributed by atoms with Crippen molar-refractivity contribution in [1.82, 2.24) is 15.1 Å². The first-order valence-corrected chi connectivity index (χ1v) is 8.31. The highest BCUT2D eigenvalue weighted by molar-refractivity contribution is 14.1. The molecule has 1 unspecified atom stereocenters. The van der Waals surface area contributed by atoms with Crippen molar-refractivity contribution in [1.29, 1.82) is 0 Å². The quantitative estimate of drug-likeness (QED) is 0.740. The molecule has 2 fully saturated rings. The Morgan fingerprint density at radius 2 is 1.81 bits per heavy atom. The van der Waals surface area contributed by atoms with Crippen molar-refractivity contribution in [2.45, 2.75) is 12.5 Å². The van der Waals surface area contributed by atoms with E-state index in [1.165, 1.54) is 6.42 Å². The first kappa shape index (κ1) is 17.0. The third kappa shape index (κ3) is 4.09. The Balaban J connectivity index is 0.00000161. The monoisotopic (exact) mass is 421 g/mol. The number of nitrogens with one attached hydrogen (secondary N) is 1. The molecule has 2 saturated heterocycles. The van der Waals surface area contributed by atoms with Crippen LogP contribution in [-0.2, 0) is 0 Å². The van der Waals surface area contributed by atoms with Gasteiger partial charge in [0.05, 0.1) is 0 Å². The third-order valence-corrected chi connectivity index (χ3v) is 4.96. The van der Waals surface area contributed by atoms with Gasteiger partial charge in [-0.2, -0.15) is 0 Å². The van der Waals surface area contributed by atoms with Crippen molar-refractivity contribution < 1.29 is 4.79 Å². The summed E-state index contributed by atoms with van der Waals surface area (Å²) in [4.78, 5) is 16.9. The Hall–Kier alpha value is -0.370. The van der Waals surface area contributed by atoms with Crippen molar-refractivity contribution in [3.8, 4) is 0 Å². The Morgan fingerprint density at radius 3 is 2.38 bits per heavy atom. The molecule has 21 heavy (non-hydrogen) atoms. The lowest BCUT2D eigenvalue weighted by Crippen LogP contribution is -2.52. The van der Waals surface area contributed by atoms with E-state index in [4.69, 9.17) is 0 Å². The molecule has 116 valence electrons. The molecule has 0 aromatic heterocycles. The lowest BCUT2D eigenvalue weighted by molar-refractivity contribution is 0.0584. The number of benzene rings is 1. The number of piperazine rings is 1. The molecule has 2 aliphatic rings. The van der Waals surface area contributed by atoms with E-state index in [-0.39, 0.29) is 18.3 Å². The van der Waals surface area contributed by atoms with Crippen LogP contribution in [0.4, 0.5) is 0 Å². The van der Waals surface area contributed by atoms with Crippen LogP contribution < -0.4 is 5.32 Å². The largest absolute Gasteiger partial charge is 0.336 e. The number of amides is 1. The molecule has 1 aromatic carbocycles. The molecule has 1 amide bonds. The van der Waals surface area contributed by atoms with Crippen molar-refractivity contribution in [3.63, 3.8) is 0 Å². The number of rotatable bonds is 2. The number of nitrogens with zero attached hydrogens (tertiary/aromatic N) is 2. The zero-order chi connectivity index (χ0) is 13.9. The zero-order valence-corrected chi connectivity index (χ0v) is 14.9. The Morgan fingerprint density at radius 1 is 1.14 bits per heavy atom. The van der Waals surface area contributed by atoms with Crippen molar-refractivity contribution >= 4 is 40.9 Å². The molecule has 4 nitrogen and oxygen atoms in total. The molecule has 0 spiro atoms. The maximum absolute atomic E-state index is 12.4. The Kier molecular flexibility index (Phi) is 6.28. The molecule has 2 heterocycles. The van der Waals surface area contributed by atoms with Gasteiger partial charge in [0.2, 0.25) is 0 Å². The summed E-state index contributed by atoms with van der Waals surface area (Å²) >= 11 is 2.26. The molecule has 6 heteroatoms. The van der Waals surface area contributed by atoms with Crippen molar-refractivity contribution in [2.24, 2.45) is 0 Å². The van der Waals surface area contributed by atoms with Crippen LogP contribution in [0.25, 0.3) is 0 Å². The van der Waals surface area contributed by atoms with Gasteiger partial charge in [0.15, 0.2) is 0 Å². The van der Waals surface area contributed by atoms with Crippen LogP contribution >= 0.6 is 35.0 Å². The van der Waals surface area contributed by atoms with Gasteiger partial charge in [0.25, 0.3) is 5.91 Å². The average molecular weight is 422 g/mol. The smallest absolute Gasteiger partial charge is 0.253 e. The normalized spacial score (nSPS) is 22.9. The minimum absolute atomic E-state index is 0. The van der Waals surface area contributed by atoms with Crippen LogP contribution in [0.1, 0.15) is 16.8 Å². The predicted octanol–water partition coefficient (Wildman–Crippen LogP) is 1.83. The SMILES string of the molecule is Cl.O=C(c1ccc(I)cc1)N1CCN(C2CCNC2)CC1. The van der Waals surface area contributed by atoms with E-state index in [0.29, 0.717) is 6.04 Å². The fourth-order valence-corrected chi connectivity index (χ4v) is 3.38. The van der Waals surface area contributed by atoms with Crippen LogP contribution in [0.3, 0.4) is 0 Å². The highest BCUT2D eigenvalue weighted by Gasteiger charge is 2.27. The molecule has 0 saturated carbocycles. The van der Waals surface area contributed by atoms with E-state index >= 15 is 0 Å². The molecule has 1 aromatic rings. The second-order valence-corrected chi connectivity index (χ2v) is 6.73. The van der Waals surface area contributed by atoms with E-state index in [0.717, 1.165) is 48.4 Å². The summed E-state index contributed by atoms with van der Waals surface area (Å²) in [6.07, 6.45) is 1.24. The zero-order valence-electron chi connectivity index (χ0n) is 11.9. The number of carbonyl (C=O) groups is 1. The summed E-state index contributed by atoms with van der Waals surface area (Å²) in [5.74, 6) is 0.172. The van der Waals surface area contributed by atoms with E-state index in [2.05, 4.69) is 32.8 Å². The molecule has 3 rings (SSSR count). The number of carbonyl (C=O) groups excluding carboxylic acids is 1. The average Bonchev–Trinajstić information content (AvgIpc) is 3.02. The van der Waals surface area contributed by atoms with Gasteiger partial charge in [-0.05, 0) is 59.8 Å². The van der Waals surface area contributed by atoms with Gasteiger partial charge in [0.1, 0.15) is 0 Å². The maximum Gasteiger partial charge on any atom is 0.253 e.